The molecule has 2 aromatic carbocycles. The number of halogens is 2. The van der Waals surface area contributed by atoms with E-state index in [2.05, 4.69) is 57.0 Å². The third kappa shape index (κ3) is 24.8. The topological polar surface area (TPSA) is 9.23 Å². The van der Waals surface area contributed by atoms with Crippen LogP contribution in [0, 0.1) is 0 Å². The minimum Gasteiger partial charge on any atom is -1.00 e. The first-order valence-corrected chi connectivity index (χ1v) is 17.4. The maximum Gasteiger partial charge on any atom is -0.172 e. The van der Waals surface area contributed by atoms with Gasteiger partial charge in [-0.15, -0.1) is 0 Å². The van der Waals surface area contributed by atoms with Gasteiger partial charge >= 0.3 is 41.9 Å². The summed E-state index contributed by atoms with van der Waals surface area (Å²) in [5.74, 6) is 0. The molecule has 0 bridgehead atoms. The molecular weight excluding hydrogens is 450 g/mol. The molecule has 136 valence electrons. The predicted octanol–water partition coefficient (Wildman–Crippen LogP) is -0.613. The molecule has 0 aliphatic carbocycles. The standard InChI is InChI=1S/C11H19OSi.C5H5.C2H6Si.2ClH.Zr/c1-13(2,3)12-10-6-9-11-7-4-5-8-11;1-2-4-5-3-1;1-3-2;;;/h4-5,7-8H,6,9-10H2,1-3H3;1-5H;1-2H3;2*1H;/q2*-1;;;;+2/p-2. The molecule has 0 saturated carbocycles. The summed E-state index contributed by atoms with van der Waals surface area (Å²) in [5, 5.41) is 0. The summed E-state index contributed by atoms with van der Waals surface area (Å²) in [7, 11) is -1.28. The molecule has 1 nitrogen and oxygen atoms in total. The second-order valence-corrected chi connectivity index (χ2v) is 20.2. The van der Waals surface area contributed by atoms with Crippen molar-refractivity contribution in [2.45, 2.75) is 45.6 Å². The molecule has 0 aliphatic rings. The molecule has 24 heavy (non-hydrogen) atoms. The molecular formula is C18H30Cl2OSi2Zr-2. The fraction of sp³-hybridized carbons (Fsp3) is 0.444. The van der Waals surface area contributed by atoms with Gasteiger partial charge < -0.3 is 29.2 Å². The third-order valence-electron chi connectivity index (χ3n) is 2.43. The van der Waals surface area contributed by atoms with Gasteiger partial charge in [-0.1, -0.05) is 6.42 Å². The van der Waals surface area contributed by atoms with E-state index in [9.17, 15) is 0 Å². The fourth-order valence-corrected chi connectivity index (χ4v) is 2.31. The molecule has 0 fully saturated rings. The van der Waals surface area contributed by atoms with E-state index in [1.54, 1.807) is 23.3 Å². The van der Waals surface area contributed by atoms with Crippen molar-refractivity contribution in [1.29, 1.82) is 0 Å². The molecule has 0 radical (unpaired) electrons. The first-order chi connectivity index (χ1) is 10.3. The first kappa shape index (κ1) is 29.3. The van der Waals surface area contributed by atoms with Crippen LogP contribution in [0.1, 0.15) is 12.0 Å². The van der Waals surface area contributed by atoms with Gasteiger partial charge in [-0.25, -0.2) is 24.3 Å². The van der Waals surface area contributed by atoms with Crippen molar-refractivity contribution >= 4 is 13.8 Å². The molecule has 0 aromatic heterocycles. The van der Waals surface area contributed by atoms with Crippen molar-refractivity contribution in [2.75, 3.05) is 6.61 Å². The van der Waals surface area contributed by atoms with E-state index in [1.807, 2.05) is 30.3 Å². The summed E-state index contributed by atoms with van der Waals surface area (Å²) in [5.41, 5.74) is 1.64. The monoisotopic (exact) mass is 478 g/mol. The molecule has 0 unspecified atom stereocenters. The Bertz CT molecular complexity index is 444. The summed E-state index contributed by atoms with van der Waals surface area (Å²) in [4.78, 5) is 0. The quantitative estimate of drug-likeness (QED) is 0.315. The zero-order valence-electron chi connectivity index (χ0n) is 15.5. The van der Waals surface area contributed by atoms with Crippen LogP contribution in [-0.2, 0) is 34.2 Å². The van der Waals surface area contributed by atoms with Crippen molar-refractivity contribution in [3.05, 3.63) is 60.2 Å². The Morgan fingerprint density at radius 2 is 1.46 bits per heavy atom. The van der Waals surface area contributed by atoms with Crippen LogP contribution in [0.2, 0.25) is 32.7 Å². The van der Waals surface area contributed by atoms with E-state index >= 15 is 0 Å². The van der Waals surface area contributed by atoms with Crippen molar-refractivity contribution in [3.8, 4) is 0 Å². The Balaban J connectivity index is -0.000000335. The van der Waals surface area contributed by atoms with Crippen molar-refractivity contribution in [2.24, 2.45) is 0 Å². The van der Waals surface area contributed by atoms with E-state index in [0.29, 0.717) is 0 Å². The van der Waals surface area contributed by atoms with E-state index in [1.165, 1.54) is 5.56 Å². The SMILES string of the molecule is C[Si](C)(C)OCCC[c-]1cccc1.C[Si](C)=[Zr+2].[Cl-].[Cl-].c1cc[cH-]c1. The van der Waals surface area contributed by atoms with Crippen molar-refractivity contribution in [1.82, 2.24) is 0 Å². The first-order valence-electron chi connectivity index (χ1n) is 7.84. The number of hydrogen-bond acceptors (Lipinski definition) is 1. The molecule has 0 amide bonds. The Hall–Kier alpha value is 0.557. The predicted molar refractivity (Wildman–Crippen MR) is 99.2 cm³/mol. The number of rotatable bonds is 5. The maximum atomic E-state index is 5.77. The molecule has 0 aliphatic heterocycles. The Labute approximate surface area is 177 Å². The Morgan fingerprint density at radius 1 is 1.00 bits per heavy atom. The van der Waals surface area contributed by atoms with E-state index in [0.717, 1.165) is 19.4 Å². The molecule has 2 rings (SSSR count). The van der Waals surface area contributed by atoms with Crippen LogP contribution >= 0.6 is 0 Å². The maximum absolute atomic E-state index is 5.77. The van der Waals surface area contributed by atoms with Crippen LogP contribution in [0.3, 0.4) is 0 Å². The molecule has 0 atom stereocenters. The van der Waals surface area contributed by atoms with Crippen LogP contribution in [0.5, 0.6) is 0 Å². The molecule has 6 heteroatoms. The van der Waals surface area contributed by atoms with E-state index < -0.39 is 8.32 Å². The zero-order chi connectivity index (χ0) is 16.8. The van der Waals surface area contributed by atoms with Crippen LogP contribution < -0.4 is 24.8 Å². The number of aryl methyl sites for hydroxylation is 1. The summed E-state index contributed by atoms with van der Waals surface area (Å²) >= 11 is 1.74. The summed E-state index contributed by atoms with van der Waals surface area (Å²) < 4.78 is 5.77. The van der Waals surface area contributed by atoms with Crippen LogP contribution in [0.15, 0.2) is 54.6 Å². The minimum absolute atomic E-state index is 0. The van der Waals surface area contributed by atoms with Crippen molar-refractivity contribution in [3.63, 3.8) is 0 Å². The normalized spacial score (nSPS) is 9.29. The largest absolute Gasteiger partial charge is 1.00 e. The van der Waals surface area contributed by atoms with Crippen LogP contribution in [-0.4, -0.2) is 20.4 Å². The summed E-state index contributed by atoms with van der Waals surface area (Å²) in [6, 6.07) is 18.5. The average molecular weight is 481 g/mol. The molecule has 0 spiro atoms. The molecule has 0 heterocycles. The van der Waals surface area contributed by atoms with Gasteiger partial charge in [-0.3, -0.25) is 0 Å². The second kappa shape index (κ2) is 18.4. The zero-order valence-corrected chi connectivity index (χ0v) is 21.5. The molecule has 0 N–H and O–H groups in total. The fourth-order valence-electron chi connectivity index (χ4n) is 1.56. The number of hydrogen-bond donors (Lipinski definition) is 0. The summed E-state index contributed by atoms with van der Waals surface area (Å²) in [6.45, 7) is 12.2. The molecule has 0 saturated heterocycles. The van der Waals surface area contributed by atoms with Crippen LogP contribution in [0.4, 0.5) is 0 Å². The Kier molecular flexibility index (Phi) is 22.4. The van der Waals surface area contributed by atoms with Gasteiger partial charge in [-0.2, -0.15) is 35.9 Å². The van der Waals surface area contributed by atoms with Gasteiger partial charge in [0.05, 0.1) is 0 Å². The van der Waals surface area contributed by atoms with Gasteiger partial charge in [0, 0.05) is 6.61 Å². The smallest absolute Gasteiger partial charge is 0.172 e. The Morgan fingerprint density at radius 3 is 1.79 bits per heavy atom. The minimum atomic E-state index is -1.28. The van der Waals surface area contributed by atoms with Gasteiger partial charge in [0.25, 0.3) is 0 Å². The van der Waals surface area contributed by atoms with E-state index in [4.69, 9.17) is 4.43 Å². The summed E-state index contributed by atoms with van der Waals surface area (Å²) in [6.07, 6.45) is 2.30. The van der Waals surface area contributed by atoms with Gasteiger partial charge in [0.2, 0.25) is 0 Å². The molecule has 2 aromatic rings. The van der Waals surface area contributed by atoms with Crippen molar-refractivity contribution < 1.29 is 52.6 Å². The van der Waals surface area contributed by atoms with Crippen LogP contribution in [0.25, 0.3) is 0 Å². The van der Waals surface area contributed by atoms with Gasteiger partial charge in [-0.05, 0) is 26.1 Å². The van der Waals surface area contributed by atoms with Gasteiger partial charge in [0.1, 0.15) is 0 Å². The second-order valence-electron chi connectivity index (χ2n) is 6.32. The van der Waals surface area contributed by atoms with E-state index in [-0.39, 0.29) is 30.2 Å². The average Bonchev–Trinajstić information content (AvgIpc) is 3.08. The third-order valence-corrected chi connectivity index (χ3v) is 3.50. The van der Waals surface area contributed by atoms with Gasteiger partial charge in [0.15, 0.2) is 8.32 Å².